The zero-order valence-electron chi connectivity index (χ0n) is 16.5. The third kappa shape index (κ3) is 6.14. The molecule has 0 bridgehead atoms. The number of rotatable bonds is 9. The molecule has 0 spiro atoms. The minimum atomic E-state index is 0. The van der Waals surface area contributed by atoms with Crippen LogP contribution in [0, 0.1) is 5.92 Å². The Morgan fingerprint density at radius 3 is 2.70 bits per heavy atom. The molecule has 1 aliphatic heterocycles. The average molecular weight is 489 g/mol. The van der Waals surface area contributed by atoms with Gasteiger partial charge in [-0.2, -0.15) is 0 Å². The molecule has 1 fully saturated rings. The normalized spacial score (nSPS) is 16.8. The number of hydrogen-bond acceptors (Lipinski definition) is 4. The second-order valence-corrected chi connectivity index (χ2v) is 7.52. The number of hydrogen-bond donors (Lipinski definition) is 2. The number of guanidine groups is 1. The van der Waals surface area contributed by atoms with Gasteiger partial charge in [0.05, 0.1) is 0 Å². The zero-order valence-corrected chi connectivity index (χ0v) is 18.9. The van der Waals surface area contributed by atoms with Gasteiger partial charge in [0.2, 0.25) is 6.79 Å². The van der Waals surface area contributed by atoms with Crippen molar-refractivity contribution in [2.75, 3.05) is 40.1 Å². The Labute approximate surface area is 179 Å². The van der Waals surface area contributed by atoms with E-state index >= 15 is 0 Å². The van der Waals surface area contributed by atoms with E-state index in [9.17, 15) is 0 Å². The molecule has 0 amide bonds. The Balaban J connectivity index is 0.00000261. The van der Waals surface area contributed by atoms with E-state index in [-0.39, 0.29) is 29.4 Å². The Hall–Kier alpha value is -1.22. The van der Waals surface area contributed by atoms with Crippen LogP contribution in [0.15, 0.2) is 23.2 Å². The first-order valence-electron chi connectivity index (χ1n) is 9.55. The number of ether oxygens (including phenoxy) is 3. The van der Waals surface area contributed by atoms with Crippen LogP contribution in [0.2, 0.25) is 0 Å². The topological polar surface area (TPSA) is 64.1 Å². The van der Waals surface area contributed by atoms with Gasteiger partial charge in [0.25, 0.3) is 0 Å². The number of nitrogens with one attached hydrogen (secondary N) is 2. The number of fused-ring (bicyclic) bond motifs is 1. The van der Waals surface area contributed by atoms with Crippen molar-refractivity contribution in [1.82, 2.24) is 10.6 Å². The van der Waals surface area contributed by atoms with Crippen LogP contribution in [0.4, 0.5) is 0 Å². The van der Waals surface area contributed by atoms with Crippen LogP contribution in [0.1, 0.15) is 38.7 Å². The predicted molar refractivity (Wildman–Crippen MR) is 119 cm³/mol. The van der Waals surface area contributed by atoms with Gasteiger partial charge in [-0.05, 0) is 42.9 Å². The molecule has 1 saturated carbocycles. The maximum absolute atomic E-state index is 5.61. The highest BCUT2D eigenvalue weighted by Crippen LogP contribution is 2.49. The fourth-order valence-electron chi connectivity index (χ4n) is 3.12. The summed E-state index contributed by atoms with van der Waals surface area (Å²) >= 11 is 0. The zero-order chi connectivity index (χ0) is 18.4. The molecule has 1 aliphatic carbocycles. The minimum absolute atomic E-state index is 0. The third-order valence-electron chi connectivity index (χ3n) is 4.87. The van der Waals surface area contributed by atoms with E-state index in [1.165, 1.54) is 18.4 Å². The molecule has 0 atom stereocenters. The van der Waals surface area contributed by atoms with Gasteiger partial charge in [-0.3, -0.25) is 4.99 Å². The van der Waals surface area contributed by atoms with E-state index in [4.69, 9.17) is 14.2 Å². The first kappa shape index (κ1) is 22.1. The Kier molecular flexibility index (Phi) is 8.47. The van der Waals surface area contributed by atoms with Gasteiger partial charge >= 0.3 is 0 Å². The van der Waals surface area contributed by atoms with Crippen molar-refractivity contribution in [3.05, 3.63) is 23.8 Å². The highest BCUT2D eigenvalue weighted by Gasteiger charge is 2.44. The molecular formula is C20H32IN3O3. The van der Waals surface area contributed by atoms with E-state index in [1.54, 1.807) is 0 Å². The van der Waals surface area contributed by atoms with E-state index in [0.29, 0.717) is 12.7 Å². The van der Waals surface area contributed by atoms with Crippen LogP contribution in [0.3, 0.4) is 0 Å². The summed E-state index contributed by atoms with van der Waals surface area (Å²) in [4.78, 5) is 4.33. The molecule has 2 N–H and O–H groups in total. The molecule has 1 heterocycles. The van der Waals surface area contributed by atoms with Crippen LogP contribution in [0.5, 0.6) is 11.5 Å². The lowest BCUT2D eigenvalue weighted by Crippen LogP contribution is -2.41. The predicted octanol–water partition coefficient (Wildman–Crippen LogP) is 3.29. The van der Waals surface area contributed by atoms with E-state index in [1.807, 2.05) is 13.1 Å². The first-order valence-corrected chi connectivity index (χ1v) is 9.55. The van der Waals surface area contributed by atoms with Crippen molar-refractivity contribution in [3.63, 3.8) is 0 Å². The molecule has 152 valence electrons. The lowest BCUT2D eigenvalue weighted by atomic mass is 9.95. The summed E-state index contributed by atoms with van der Waals surface area (Å²) < 4.78 is 16.5. The standard InChI is InChI=1S/C20H31N3O3.HI/c1-15(2)12-24-10-4-9-22-19(21-3)23-13-20(7-8-20)16-5-6-17-18(11-16)26-14-25-17;/h5-6,11,15H,4,7-10,12-14H2,1-3H3,(H2,21,22,23);1H. The SMILES string of the molecule is CN=C(NCCCOCC(C)C)NCC1(c2ccc3c(c2)OCO3)CC1.I. The first-order chi connectivity index (χ1) is 12.6. The lowest BCUT2D eigenvalue weighted by Gasteiger charge is -2.19. The largest absolute Gasteiger partial charge is 0.454 e. The van der Waals surface area contributed by atoms with Crippen LogP contribution in [-0.4, -0.2) is 46.1 Å². The molecule has 1 aromatic rings. The van der Waals surface area contributed by atoms with Crippen LogP contribution >= 0.6 is 24.0 Å². The van der Waals surface area contributed by atoms with Gasteiger partial charge in [-0.1, -0.05) is 19.9 Å². The summed E-state index contributed by atoms with van der Waals surface area (Å²) in [7, 11) is 1.81. The molecule has 0 radical (unpaired) electrons. The van der Waals surface area contributed by atoms with Gasteiger partial charge in [-0.15, -0.1) is 24.0 Å². The monoisotopic (exact) mass is 489 g/mol. The molecule has 2 aliphatic rings. The quantitative estimate of drug-likeness (QED) is 0.241. The summed E-state index contributed by atoms with van der Waals surface area (Å²) in [6.07, 6.45) is 3.33. The summed E-state index contributed by atoms with van der Waals surface area (Å²) in [5.74, 6) is 3.14. The van der Waals surface area contributed by atoms with Crippen LogP contribution in [-0.2, 0) is 10.2 Å². The number of benzene rings is 1. The van der Waals surface area contributed by atoms with E-state index in [2.05, 4.69) is 41.6 Å². The van der Waals surface area contributed by atoms with Crippen molar-refractivity contribution >= 4 is 29.9 Å². The molecule has 0 aromatic heterocycles. The summed E-state index contributed by atoms with van der Waals surface area (Å²) in [6.45, 7) is 7.98. The maximum Gasteiger partial charge on any atom is 0.231 e. The second kappa shape index (κ2) is 10.4. The highest BCUT2D eigenvalue weighted by atomic mass is 127. The van der Waals surface area contributed by atoms with Gasteiger partial charge in [0.15, 0.2) is 17.5 Å². The van der Waals surface area contributed by atoms with Crippen LogP contribution in [0.25, 0.3) is 0 Å². The number of nitrogens with zero attached hydrogens (tertiary/aromatic N) is 1. The molecule has 3 rings (SSSR count). The van der Waals surface area contributed by atoms with Crippen molar-refractivity contribution < 1.29 is 14.2 Å². The number of halogens is 1. The Morgan fingerprint density at radius 2 is 2.00 bits per heavy atom. The Bertz CT molecular complexity index is 633. The molecule has 27 heavy (non-hydrogen) atoms. The van der Waals surface area contributed by atoms with Crippen molar-refractivity contribution in [3.8, 4) is 11.5 Å². The fourth-order valence-corrected chi connectivity index (χ4v) is 3.12. The molecule has 0 saturated heterocycles. The van der Waals surface area contributed by atoms with Crippen LogP contribution < -0.4 is 20.1 Å². The summed E-state index contributed by atoms with van der Waals surface area (Å²) in [5.41, 5.74) is 1.49. The second-order valence-electron chi connectivity index (χ2n) is 7.52. The summed E-state index contributed by atoms with van der Waals surface area (Å²) in [6, 6.07) is 6.30. The fraction of sp³-hybridized carbons (Fsp3) is 0.650. The molecule has 7 heteroatoms. The Morgan fingerprint density at radius 1 is 1.22 bits per heavy atom. The van der Waals surface area contributed by atoms with Crippen molar-refractivity contribution in [1.29, 1.82) is 0 Å². The van der Waals surface area contributed by atoms with Gasteiger partial charge in [-0.25, -0.2) is 0 Å². The minimum Gasteiger partial charge on any atom is -0.454 e. The summed E-state index contributed by atoms with van der Waals surface area (Å²) in [5, 5.41) is 6.84. The van der Waals surface area contributed by atoms with E-state index in [0.717, 1.165) is 50.2 Å². The molecule has 1 aromatic carbocycles. The highest BCUT2D eigenvalue weighted by molar-refractivity contribution is 14.0. The maximum atomic E-state index is 5.61. The van der Waals surface area contributed by atoms with Gasteiger partial charge in [0.1, 0.15) is 0 Å². The number of aliphatic imine (C=N–C) groups is 1. The van der Waals surface area contributed by atoms with Crippen molar-refractivity contribution in [2.24, 2.45) is 10.9 Å². The van der Waals surface area contributed by atoms with Crippen molar-refractivity contribution in [2.45, 2.75) is 38.5 Å². The van der Waals surface area contributed by atoms with Gasteiger partial charge in [0, 0.05) is 38.8 Å². The molecular weight excluding hydrogens is 457 g/mol. The molecule has 0 unspecified atom stereocenters. The average Bonchev–Trinajstić information content (AvgIpc) is 3.28. The van der Waals surface area contributed by atoms with E-state index < -0.39 is 0 Å². The lowest BCUT2D eigenvalue weighted by molar-refractivity contribution is 0.108. The molecule has 6 nitrogen and oxygen atoms in total. The smallest absolute Gasteiger partial charge is 0.231 e. The van der Waals surface area contributed by atoms with Gasteiger partial charge < -0.3 is 24.8 Å². The third-order valence-corrected chi connectivity index (χ3v) is 4.87.